The molecule has 0 radical (unpaired) electrons. The molecule has 1 heterocycles. The number of rotatable bonds is 2. The second-order valence-electron chi connectivity index (χ2n) is 2.68. The van der Waals surface area contributed by atoms with Gasteiger partial charge in [-0.1, -0.05) is 26.0 Å². The minimum absolute atomic E-state index is 0. The maximum Gasteiger partial charge on any atom is 0.428 e. The van der Waals surface area contributed by atoms with E-state index in [2.05, 4.69) is 31.4 Å². The zero-order valence-electron chi connectivity index (χ0n) is 6.33. The Kier molecular flexibility index (Phi) is 6.11. The average Bonchev–Trinajstić information content (AvgIpc) is 2.15. The van der Waals surface area contributed by atoms with E-state index in [-0.39, 0.29) is 37.3 Å². The van der Waals surface area contributed by atoms with Crippen LogP contribution in [0.15, 0.2) is 17.5 Å². The predicted molar refractivity (Wildman–Crippen MR) is 55.1 cm³/mol. The molecular formula is C7H11BrMgS. The van der Waals surface area contributed by atoms with Crippen molar-refractivity contribution in [1.29, 1.82) is 0 Å². The van der Waals surface area contributed by atoms with Gasteiger partial charge in [0.2, 0.25) is 0 Å². The molecule has 1 rings (SSSR count). The van der Waals surface area contributed by atoms with Gasteiger partial charge in [-0.3, -0.25) is 0 Å². The highest BCUT2D eigenvalue weighted by atomic mass is 79.9. The summed E-state index contributed by atoms with van der Waals surface area (Å²) in [6.07, 6.45) is 0. The van der Waals surface area contributed by atoms with Crippen LogP contribution in [0.5, 0.6) is 0 Å². The van der Waals surface area contributed by atoms with Crippen LogP contribution in [-0.2, 0) is 0 Å². The highest BCUT2D eigenvalue weighted by Gasteiger charge is 2.02. The van der Waals surface area contributed by atoms with E-state index < -0.39 is 0 Å². The first-order chi connectivity index (χ1) is 4.29. The summed E-state index contributed by atoms with van der Waals surface area (Å²) in [7, 11) is 0. The van der Waals surface area contributed by atoms with Gasteiger partial charge in [-0.25, -0.2) is 0 Å². The molecular weight excluding hydrogens is 220 g/mol. The van der Waals surface area contributed by atoms with Crippen molar-refractivity contribution in [2.75, 3.05) is 0 Å². The fourth-order valence-corrected chi connectivity index (χ4v) is 4.07. The molecule has 0 saturated carbocycles. The van der Waals surface area contributed by atoms with Crippen LogP contribution in [0.25, 0.3) is 0 Å². The lowest BCUT2D eigenvalue weighted by molar-refractivity contribution is 1.07. The van der Waals surface area contributed by atoms with Crippen LogP contribution in [0.2, 0.25) is 4.05 Å². The lowest BCUT2D eigenvalue weighted by Gasteiger charge is -1.95. The van der Waals surface area contributed by atoms with Crippen LogP contribution in [0, 0.1) is 0 Å². The van der Waals surface area contributed by atoms with E-state index in [1.807, 2.05) is 11.3 Å². The molecule has 0 N–H and O–H groups in total. The largest absolute Gasteiger partial charge is 0.428 e. The molecule has 0 spiro atoms. The smallest absolute Gasteiger partial charge is 0.182 e. The Balaban J connectivity index is 0.000000810. The number of hydrogen-bond acceptors (Lipinski definition) is 1. The first-order valence-electron chi connectivity index (χ1n) is 3.31. The van der Waals surface area contributed by atoms with Crippen molar-refractivity contribution in [3.05, 3.63) is 17.5 Å². The number of hydrogen-bond donors (Lipinski definition) is 0. The summed E-state index contributed by atoms with van der Waals surface area (Å²) >= 11 is 2.00. The molecule has 3 heteroatoms. The third kappa shape index (κ3) is 3.96. The second-order valence-corrected chi connectivity index (χ2v) is 7.03. The fraction of sp³-hybridized carbons (Fsp3) is 0.429. The van der Waals surface area contributed by atoms with Crippen molar-refractivity contribution in [1.82, 2.24) is 0 Å². The zero-order chi connectivity index (χ0) is 6.69. The van der Waals surface area contributed by atoms with Crippen LogP contribution >= 0.6 is 28.3 Å². The molecule has 0 saturated heterocycles. The van der Waals surface area contributed by atoms with Crippen LogP contribution in [-0.4, -0.2) is 20.4 Å². The minimum Gasteiger partial charge on any atom is -0.182 e. The molecule has 0 atom stereocenters. The summed E-state index contributed by atoms with van der Waals surface area (Å²) in [5.41, 5.74) is 0. The molecule has 1 aromatic heterocycles. The Morgan fingerprint density at radius 1 is 1.50 bits per heavy atom. The maximum absolute atomic E-state index is 2.31. The normalized spacial score (nSPS) is 8.70. The van der Waals surface area contributed by atoms with E-state index in [1.165, 1.54) is 0 Å². The van der Waals surface area contributed by atoms with Crippen molar-refractivity contribution in [2.24, 2.45) is 0 Å². The summed E-state index contributed by atoms with van der Waals surface area (Å²) in [4.78, 5) is 0. The van der Waals surface area contributed by atoms with Gasteiger partial charge in [0.05, 0.1) is 0 Å². The first kappa shape index (κ1) is 10.9. The number of halogens is 1. The molecule has 54 valence electrons. The summed E-state index contributed by atoms with van der Waals surface area (Å²) in [5, 5.41) is 2.17. The predicted octanol–water partition coefficient (Wildman–Crippen LogP) is 2.48. The molecule has 0 fully saturated rings. The third-order valence-corrected chi connectivity index (χ3v) is 4.38. The Morgan fingerprint density at radius 2 is 2.20 bits per heavy atom. The monoisotopic (exact) mass is 230 g/mol. The summed E-state index contributed by atoms with van der Waals surface area (Å²) < 4.78 is 2.58. The molecule has 0 aliphatic heterocycles. The molecule has 0 bridgehead atoms. The summed E-state index contributed by atoms with van der Waals surface area (Å²) in [5.74, 6) is 0. The average molecular weight is 231 g/mol. The lowest BCUT2D eigenvalue weighted by atomic mass is 10.6. The van der Waals surface area contributed by atoms with Gasteiger partial charge in [-0.15, -0.1) is 24.0 Å². The van der Waals surface area contributed by atoms with Gasteiger partial charge in [0.25, 0.3) is 0 Å². The van der Waals surface area contributed by atoms with Crippen LogP contribution < -0.4 is 3.01 Å². The van der Waals surface area contributed by atoms with Gasteiger partial charge >= 0.3 is 20.4 Å². The highest BCUT2D eigenvalue weighted by molar-refractivity contribution is 8.93. The van der Waals surface area contributed by atoms with E-state index in [0.29, 0.717) is 0 Å². The minimum atomic E-state index is 0. The Morgan fingerprint density at radius 3 is 2.60 bits per heavy atom. The van der Waals surface area contributed by atoms with Gasteiger partial charge in [0.15, 0.2) is 0 Å². The lowest BCUT2D eigenvalue weighted by Crippen LogP contribution is -2.11. The summed E-state index contributed by atoms with van der Waals surface area (Å²) in [6, 6.07) is 4.41. The maximum atomic E-state index is 2.31. The van der Waals surface area contributed by atoms with E-state index in [9.17, 15) is 0 Å². The van der Waals surface area contributed by atoms with E-state index in [4.69, 9.17) is 0 Å². The molecule has 0 aliphatic carbocycles. The van der Waals surface area contributed by atoms with Gasteiger partial charge in [-0.2, -0.15) is 11.3 Å². The highest BCUT2D eigenvalue weighted by Crippen LogP contribution is 2.00. The second kappa shape index (κ2) is 5.58. The molecule has 0 aliphatic rings. The van der Waals surface area contributed by atoms with Crippen molar-refractivity contribution in [3.63, 3.8) is 0 Å². The Bertz CT molecular complexity index is 160. The number of thiophene rings is 1. The van der Waals surface area contributed by atoms with Crippen molar-refractivity contribution in [3.8, 4) is 0 Å². The van der Waals surface area contributed by atoms with E-state index in [0.717, 1.165) is 4.05 Å². The summed E-state index contributed by atoms with van der Waals surface area (Å²) in [6.45, 7) is 4.62. The van der Waals surface area contributed by atoms with Crippen LogP contribution in [0.1, 0.15) is 13.8 Å². The SMILES string of the molecule is Br.C[CH](C)[Mg][c]1cccs1. The van der Waals surface area contributed by atoms with Gasteiger partial charge in [0, 0.05) is 0 Å². The van der Waals surface area contributed by atoms with Gasteiger partial charge in [-0.05, 0) is 5.38 Å². The van der Waals surface area contributed by atoms with E-state index in [1.54, 1.807) is 3.01 Å². The standard InChI is InChI=1S/C4H3S.C3H7.BrH.Mg/c1-2-4-5-3-1;1-3-2;;/h1-3H;3H,1-2H3;1H;. The molecule has 0 unspecified atom stereocenters. The van der Waals surface area contributed by atoms with Gasteiger partial charge < -0.3 is 0 Å². The van der Waals surface area contributed by atoms with Crippen molar-refractivity contribution >= 4 is 51.7 Å². The van der Waals surface area contributed by atoms with Crippen LogP contribution in [0.3, 0.4) is 0 Å². The molecule has 0 nitrogen and oxygen atoms in total. The zero-order valence-corrected chi connectivity index (χ0v) is 10.3. The quantitative estimate of drug-likeness (QED) is 0.686. The molecule has 0 aromatic carbocycles. The first-order valence-corrected chi connectivity index (χ1v) is 5.71. The fourth-order valence-electron chi connectivity index (χ4n) is 0.831. The van der Waals surface area contributed by atoms with E-state index >= 15 is 0 Å². The van der Waals surface area contributed by atoms with Crippen molar-refractivity contribution < 1.29 is 0 Å². The third-order valence-electron chi connectivity index (χ3n) is 1.19. The Labute approximate surface area is 86.5 Å². The van der Waals surface area contributed by atoms with Crippen LogP contribution in [0.4, 0.5) is 0 Å². The topological polar surface area (TPSA) is 0 Å². The Hall–Kier alpha value is 0.946. The molecule has 0 amide bonds. The van der Waals surface area contributed by atoms with Gasteiger partial charge in [0.1, 0.15) is 0 Å². The van der Waals surface area contributed by atoms with Crippen molar-refractivity contribution in [2.45, 2.75) is 17.9 Å². The molecule has 10 heavy (non-hydrogen) atoms. The molecule has 1 aromatic rings.